The van der Waals surface area contributed by atoms with Gasteiger partial charge in [-0.05, 0) is 72.3 Å². The van der Waals surface area contributed by atoms with Gasteiger partial charge in [-0.15, -0.1) is 11.3 Å². The lowest BCUT2D eigenvalue weighted by molar-refractivity contribution is 0.0812. The zero-order chi connectivity index (χ0) is 20.4. The second-order valence-electron chi connectivity index (χ2n) is 7.74. The standard InChI is InChI=1S/C24H25NO3S/c1-16(26)23-10-17(15-29-23)13-25-9-3-4-21(14-25)24(27)20-6-5-19-12-22(28-2)8-7-18(19)11-20/h5-8,10-12,15,21H,3-4,9,13-14H2,1-2H3/t21-/m0/s1. The molecule has 0 amide bonds. The largest absolute Gasteiger partial charge is 0.497 e. The predicted molar refractivity (Wildman–Crippen MR) is 117 cm³/mol. The second-order valence-corrected chi connectivity index (χ2v) is 8.65. The number of likely N-dealkylation sites (tertiary alicyclic amines) is 1. The highest BCUT2D eigenvalue weighted by Gasteiger charge is 2.27. The summed E-state index contributed by atoms with van der Waals surface area (Å²) in [6.07, 6.45) is 1.95. The normalized spacial score (nSPS) is 17.4. The minimum atomic E-state index is 0.0189. The first-order chi connectivity index (χ1) is 14.0. The molecule has 0 saturated carbocycles. The number of methoxy groups -OCH3 is 1. The molecule has 2 aromatic carbocycles. The molecule has 1 saturated heterocycles. The van der Waals surface area contributed by atoms with Gasteiger partial charge in [-0.1, -0.05) is 18.2 Å². The van der Waals surface area contributed by atoms with Crippen molar-refractivity contribution in [1.29, 1.82) is 0 Å². The maximum Gasteiger partial charge on any atom is 0.169 e. The van der Waals surface area contributed by atoms with Gasteiger partial charge in [-0.25, -0.2) is 0 Å². The van der Waals surface area contributed by atoms with Gasteiger partial charge in [-0.2, -0.15) is 0 Å². The van der Waals surface area contributed by atoms with E-state index in [1.165, 1.54) is 11.3 Å². The maximum atomic E-state index is 13.2. The summed E-state index contributed by atoms with van der Waals surface area (Å²) in [4.78, 5) is 27.8. The summed E-state index contributed by atoms with van der Waals surface area (Å²) in [5, 5.41) is 4.18. The van der Waals surface area contributed by atoms with Crippen LogP contribution in [-0.2, 0) is 6.54 Å². The summed E-state index contributed by atoms with van der Waals surface area (Å²) in [5.41, 5.74) is 1.94. The lowest BCUT2D eigenvalue weighted by Crippen LogP contribution is -2.38. The van der Waals surface area contributed by atoms with Crippen LogP contribution in [0.1, 0.15) is 45.4 Å². The average molecular weight is 408 g/mol. The molecule has 4 rings (SSSR count). The van der Waals surface area contributed by atoms with E-state index in [1.807, 2.05) is 42.5 Å². The molecule has 1 fully saturated rings. The number of thiophene rings is 1. The fourth-order valence-corrected chi connectivity index (χ4v) is 4.86. The van der Waals surface area contributed by atoms with E-state index in [2.05, 4.69) is 10.3 Å². The number of nitrogens with zero attached hydrogens (tertiary/aromatic N) is 1. The van der Waals surface area contributed by atoms with Crippen LogP contribution in [0.15, 0.2) is 47.8 Å². The number of Topliss-reactive ketones (excluding diaryl/α,β-unsaturated/α-hetero) is 2. The molecule has 1 aliphatic heterocycles. The Bertz CT molecular complexity index is 1060. The first kappa shape index (κ1) is 19.8. The molecule has 0 aliphatic carbocycles. The van der Waals surface area contributed by atoms with E-state index in [4.69, 9.17) is 4.74 Å². The van der Waals surface area contributed by atoms with E-state index >= 15 is 0 Å². The zero-order valence-electron chi connectivity index (χ0n) is 16.8. The van der Waals surface area contributed by atoms with Gasteiger partial charge in [0, 0.05) is 24.6 Å². The van der Waals surface area contributed by atoms with Crippen molar-refractivity contribution in [3.05, 3.63) is 63.8 Å². The van der Waals surface area contributed by atoms with E-state index in [1.54, 1.807) is 14.0 Å². The second kappa shape index (κ2) is 8.47. The molecule has 5 heteroatoms. The third kappa shape index (κ3) is 4.41. The number of ether oxygens (including phenoxy) is 1. The van der Waals surface area contributed by atoms with Gasteiger partial charge in [0.2, 0.25) is 0 Å². The Hall–Kier alpha value is -2.50. The zero-order valence-corrected chi connectivity index (χ0v) is 17.6. The van der Waals surface area contributed by atoms with Crippen molar-refractivity contribution < 1.29 is 14.3 Å². The van der Waals surface area contributed by atoms with E-state index in [0.717, 1.165) is 65.0 Å². The van der Waals surface area contributed by atoms with Crippen molar-refractivity contribution >= 4 is 33.7 Å². The minimum absolute atomic E-state index is 0.0189. The number of hydrogen-bond donors (Lipinski definition) is 0. The number of hydrogen-bond acceptors (Lipinski definition) is 5. The molecule has 0 bridgehead atoms. The maximum absolute atomic E-state index is 13.2. The summed E-state index contributed by atoms with van der Waals surface area (Å²) in [6.45, 7) is 4.16. The molecule has 0 N–H and O–H groups in total. The van der Waals surface area contributed by atoms with Crippen LogP contribution in [0.3, 0.4) is 0 Å². The number of benzene rings is 2. The molecule has 0 radical (unpaired) electrons. The highest BCUT2D eigenvalue weighted by Crippen LogP contribution is 2.27. The molecule has 3 aromatic rings. The Morgan fingerprint density at radius 3 is 2.69 bits per heavy atom. The topological polar surface area (TPSA) is 46.6 Å². The molecule has 1 aliphatic rings. The van der Waals surface area contributed by atoms with Crippen LogP contribution in [0.4, 0.5) is 0 Å². The first-order valence-electron chi connectivity index (χ1n) is 9.96. The number of carbonyl (C=O) groups is 2. The van der Waals surface area contributed by atoms with Gasteiger partial charge in [0.05, 0.1) is 12.0 Å². The Balaban J connectivity index is 1.46. The molecule has 150 valence electrons. The fraction of sp³-hybridized carbons (Fsp3) is 0.333. The number of carbonyl (C=O) groups excluding carboxylic acids is 2. The predicted octanol–water partition coefficient (Wildman–Crippen LogP) is 5.21. The van der Waals surface area contributed by atoms with Crippen molar-refractivity contribution in [3.63, 3.8) is 0 Å². The molecular formula is C24H25NO3S. The van der Waals surface area contributed by atoms with Gasteiger partial charge in [0.25, 0.3) is 0 Å². The Labute approximate surface area is 175 Å². The van der Waals surface area contributed by atoms with Gasteiger partial charge < -0.3 is 4.74 Å². The van der Waals surface area contributed by atoms with Crippen molar-refractivity contribution in [2.75, 3.05) is 20.2 Å². The lowest BCUT2D eigenvalue weighted by atomic mass is 9.89. The third-order valence-corrected chi connectivity index (χ3v) is 6.70. The van der Waals surface area contributed by atoms with E-state index in [9.17, 15) is 9.59 Å². The van der Waals surface area contributed by atoms with E-state index in [0.29, 0.717) is 0 Å². The van der Waals surface area contributed by atoms with Crippen molar-refractivity contribution in [2.45, 2.75) is 26.3 Å². The molecule has 0 spiro atoms. The average Bonchev–Trinajstić information content (AvgIpc) is 3.21. The summed E-state index contributed by atoms with van der Waals surface area (Å²) < 4.78 is 5.28. The number of piperidine rings is 1. The van der Waals surface area contributed by atoms with Crippen LogP contribution >= 0.6 is 11.3 Å². The highest BCUT2D eigenvalue weighted by molar-refractivity contribution is 7.12. The number of fused-ring (bicyclic) bond motifs is 1. The lowest BCUT2D eigenvalue weighted by Gasteiger charge is -2.31. The Morgan fingerprint density at radius 2 is 1.93 bits per heavy atom. The van der Waals surface area contributed by atoms with Crippen molar-refractivity contribution in [3.8, 4) is 5.75 Å². The molecule has 4 nitrogen and oxygen atoms in total. The molecular weight excluding hydrogens is 382 g/mol. The summed E-state index contributed by atoms with van der Waals surface area (Å²) >= 11 is 1.50. The quantitative estimate of drug-likeness (QED) is 0.527. The molecule has 29 heavy (non-hydrogen) atoms. The van der Waals surface area contributed by atoms with Gasteiger partial charge in [0.1, 0.15) is 5.75 Å². The first-order valence-corrected chi connectivity index (χ1v) is 10.8. The van der Waals surface area contributed by atoms with Crippen molar-refractivity contribution in [1.82, 2.24) is 4.90 Å². The third-order valence-electron chi connectivity index (χ3n) is 5.62. The summed E-state index contributed by atoms with van der Waals surface area (Å²) in [5.74, 6) is 1.18. The van der Waals surface area contributed by atoms with Gasteiger partial charge >= 0.3 is 0 Å². The van der Waals surface area contributed by atoms with Crippen LogP contribution in [0, 0.1) is 5.92 Å². The summed E-state index contributed by atoms with van der Waals surface area (Å²) in [7, 11) is 1.66. The van der Waals surface area contributed by atoms with E-state index in [-0.39, 0.29) is 17.5 Å². The van der Waals surface area contributed by atoms with Gasteiger partial charge in [-0.3, -0.25) is 14.5 Å². The smallest absolute Gasteiger partial charge is 0.169 e. The van der Waals surface area contributed by atoms with Crippen LogP contribution in [0.2, 0.25) is 0 Å². The monoisotopic (exact) mass is 407 g/mol. The molecule has 1 atom stereocenters. The van der Waals surface area contributed by atoms with E-state index < -0.39 is 0 Å². The SMILES string of the molecule is COc1ccc2cc(C(=O)[C@H]3CCCN(Cc4csc(C(C)=O)c4)C3)ccc2c1. The van der Waals surface area contributed by atoms with Crippen LogP contribution in [0.5, 0.6) is 5.75 Å². The highest BCUT2D eigenvalue weighted by atomic mass is 32.1. The summed E-state index contributed by atoms with van der Waals surface area (Å²) in [6, 6.07) is 13.8. The number of ketones is 2. The van der Waals surface area contributed by atoms with Gasteiger partial charge in [0.15, 0.2) is 11.6 Å². The van der Waals surface area contributed by atoms with Crippen LogP contribution in [-0.4, -0.2) is 36.7 Å². The van der Waals surface area contributed by atoms with Crippen LogP contribution in [0.25, 0.3) is 10.8 Å². The molecule has 0 unspecified atom stereocenters. The number of rotatable bonds is 6. The van der Waals surface area contributed by atoms with Crippen LogP contribution < -0.4 is 4.74 Å². The Kier molecular flexibility index (Phi) is 5.79. The van der Waals surface area contributed by atoms with Crippen molar-refractivity contribution in [2.24, 2.45) is 5.92 Å². The molecule has 2 heterocycles. The minimum Gasteiger partial charge on any atom is -0.497 e. The fourth-order valence-electron chi connectivity index (χ4n) is 4.05. The molecule has 1 aromatic heterocycles. The Morgan fingerprint density at radius 1 is 1.14 bits per heavy atom.